The molecule has 3 rings (SSSR count). The zero-order valence-electron chi connectivity index (χ0n) is 13.0. The maximum Gasteiger partial charge on any atom is 0.208 e. The van der Waals surface area contributed by atoms with Crippen molar-refractivity contribution >= 4 is 11.6 Å². The number of aliphatic imine (C=N–C) groups is 1. The third kappa shape index (κ3) is 3.13. The van der Waals surface area contributed by atoms with Crippen LogP contribution in [0.25, 0.3) is 0 Å². The summed E-state index contributed by atoms with van der Waals surface area (Å²) in [6.45, 7) is 8.32. The van der Waals surface area contributed by atoms with Gasteiger partial charge in [-0.2, -0.15) is 0 Å². The van der Waals surface area contributed by atoms with Gasteiger partial charge in [0.2, 0.25) is 5.96 Å². The highest BCUT2D eigenvalue weighted by molar-refractivity contribution is 5.80. The first-order valence-electron chi connectivity index (χ1n) is 7.79. The van der Waals surface area contributed by atoms with E-state index in [1.165, 1.54) is 29.7 Å². The third-order valence-electron chi connectivity index (χ3n) is 4.48. The Hall–Kier alpha value is -1.75. The Bertz CT molecular complexity index is 527. The van der Waals surface area contributed by atoms with Crippen molar-refractivity contribution in [2.75, 3.05) is 31.1 Å². The topological polar surface area (TPSA) is 56.9 Å². The lowest BCUT2D eigenvalue weighted by Crippen LogP contribution is -2.54. The van der Waals surface area contributed by atoms with Gasteiger partial charge in [-0.05, 0) is 43.9 Å². The molecule has 1 saturated heterocycles. The second-order valence-electron chi connectivity index (χ2n) is 6.02. The first kappa shape index (κ1) is 14.2. The minimum absolute atomic E-state index is 0.494. The molecule has 5 nitrogen and oxygen atoms in total. The van der Waals surface area contributed by atoms with E-state index in [1.807, 2.05) is 0 Å². The monoisotopic (exact) mass is 287 g/mol. The van der Waals surface area contributed by atoms with E-state index in [1.54, 1.807) is 0 Å². The summed E-state index contributed by atoms with van der Waals surface area (Å²) in [5.41, 5.74) is 6.87. The van der Waals surface area contributed by atoms with Crippen LogP contribution in [0.1, 0.15) is 24.0 Å². The van der Waals surface area contributed by atoms with Crippen molar-refractivity contribution < 1.29 is 0 Å². The van der Waals surface area contributed by atoms with E-state index in [9.17, 15) is 0 Å². The molecule has 5 heteroatoms. The van der Waals surface area contributed by atoms with Gasteiger partial charge in [0.25, 0.3) is 0 Å². The molecule has 1 aliphatic carbocycles. The summed E-state index contributed by atoms with van der Waals surface area (Å²) < 4.78 is 0. The highest BCUT2D eigenvalue weighted by atomic mass is 15.4. The number of piperazine rings is 1. The van der Waals surface area contributed by atoms with Crippen LogP contribution in [0.4, 0.5) is 5.69 Å². The highest BCUT2D eigenvalue weighted by Crippen LogP contribution is 2.25. The summed E-state index contributed by atoms with van der Waals surface area (Å²) in [5.74, 6) is 6.49. The molecule has 1 aromatic carbocycles. The molecular weight excluding hydrogens is 262 g/mol. The maximum absolute atomic E-state index is 5.63. The number of nitrogens with zero attached hydrogens (tertiary/aromatic N) is 3. The SMILES string of the molecule is Cc1cccc(N2CCN(C(=NC3CC3)NN)CC2)c1C. The number of aryl methyl sites for hydroxylation is 1. The highest BCUT2D eigenvalue weighted by Gasteiger charge is 2.25. The van der Waals surface area contributed by atoms with E-state index in [-0.39, 0.29) is 0 Å². The fourth-order valence-corrected chi connectivity index (χ4v) is 2.82. The summed E-state index contributed by atoms with van der Waals surface area (Å²) in [4.78, 5) is 9.37. The zero-order valence-corrected chi connectivity index (χ0v) is 13.0. The molecule has 2 fully saturated rings. The minimum Gasteiger partial charge on any atom is -0.368 e. The average Bonchev–Trinajstić information content (AvgIpc) is 3.32. The summed E-state index contributed by atoms with van der Waals surface area (Å²) >= 11 is 0. The summed E-state index contributed by atoms with van der Waals surface area (Å²) in [5, 5.41) is 0. The predicted molar refractivity (Wildman–Crippen MR) is 87.5 cm³/mol. The van der Waals surface area contributed by atoms with E-state index >= 15 is 0 Å². The number of benzene rings is 1. The van der Waals surface area contributed by atoms with Gasteiger partial charge in [-0.25, -0.2) is 10.8 Å². The molecule has 3 N–H and O–H groups in total. The number of hydrogen-bond donors (Lipinski definition) is 2. The van der Waals surface area contributed by atoms with Crippen molar-refractivity contribution in [1.29, 1.82) is 0 Å². The van der Waals surface area contributed by atoms with E-state index in [0.29, 0.717) is 6.04 Å². The Morgan fingerprint density at radius 3 is 2.52 bits per heavy atom. The number of guanidine groups is 1. The quantitative estimate of drug-likeness (QED) is 0.374. The van der Waals surface area contributed by atoms with Crippen molar-refractivity contribution in [3.8, 4) is 0 Å². The Morgan fingerprint density at radius 2 is 1.90 bits per heavy atom. The smallest absolute Gasteiger partial charge is 0.208 e. The molecule has 1 aliphatic heterocycles. The molecule has 1 heterocycles. The number of hydrazine groups is 1. The lowest BCUT2D eigenvalue weighted by molar-refractivity contribution is 0.372. The number of rotatable bonds is 2. The first-order chi connectivity index (χ1) is 10.2. The molecule has 0 bridgehead atoms. The van der Waals surface area contributed by atoms with Gasteiger partial charge in [0.1, 0.15) is 0 Å². The third-order valence-corrected chi connectivity index (χ3v) is 4.48. The summed E-state index contributed by atoms with van der Waals surface area (Å²) in [7, 11) is 0. The van der Waals surface area contributed by atoms with Gasteiger partial charge in [-0.15, -0.1) is 0 Å². The maximum atomic E-state index is 5.63. The molecule has 0 spiro atoms. The predicted octanol–water partition coefficient (Wildman–Crippen LogP) is 1.41. The Kier molecular flexibility index (Phi) is 4.01. The van der Waals surface area contributed by atoms with Crippen LogP contribution in [-0.4, -0.2) is 43.1 Å². The largest absolute Gasteiger partial charge is 0.368 e. The molecule has 1 aromatic rings. The fraction of sp³-hybridized carbons (Fsp3) is 0.562. The van der Waals surface area contributed by atoms with Crippen LogP contribution >= 0.6 is 0 Å². The molecule has 2 aliphatic rings. The van der Waals surface area contributed by atoms with Gasteiger partial charge in [-0.1, -0.05) is 12.1 Å². The average molecular weight is 287 g/mol. The van der Waals surface area contributed by atoms with Gasteiger partial charge in [-0.3, -0.25) is 5.43 Å². The summed E-state index contributed by atoms with van der Waals surface area (Å²) in [6, 6.07) is 7.03. The van der Waals surface area contributed by atoms with Crippen LogP contribution in [0, 0.1) is 13.8 Å². The molecule has 114 valence electrons. The van der Waals surface area contributed by atoms with Gasteiger partial charge in [0.05, 0.1) is 6.04 Å². The van der Waals surface area contributed by atoms with Crippen molar-refractivity contribution in [2.45, 2.75) is 32.7 Å². The normalized spacial score (nSPS) is 19.9. The molecule has 0 unspecified atom stereocenters. The molecule has 0 aromatic heterocycles. The number of hydrogen-bond acceptors (Lipinski definition) is 3. The molecular formula is C16H25N5. The second-order valence-corrected chi connectivity index (χ2v) is 6.02. The molecule has 0 radical (unpaired) electrons. The van der Waals surface area contributed by atoms with Gasteiger partial charge in [0, 0.05) is 31.9 Å². The lowest BCUT2D eigenvalue weighted by atomic mass is 10.1. The number of nitrogens with two attached hydrogens (primary N) is 1. The van der Waals surface area contributed by atoms with Crippen molar-refractivity contribution in [1.82, 2.24) is 10.3 Å². The first-order valence-corrected chi connectivity index (χ1v) is 7.79. The van der Waals surface area contributed by atoms with E-state index < -0.39 is 0 Å². The second kappa shape index (κ2) is 5.93. The van der Waals surface area contributed by atoms with E-state index in [0.717, 1.165) is 32.1 Å². The lowest BCUT2D eigenvalue weighted by Gasteiger charge is -2.38. The minimum atomic E-state index is 0.494. The van der Waals surface area contributed by atoms with Crippen LogP contribution in [0.5, 0.6) is 0 Å². The number of anilines is 1. The van der Waals surface area contributed by atoms with Crippen molar-refractivity contribution in [3.63, 3.8) is 0 Å². The summed E-state index contributed by atoms with van der Waals surface area (Å²) in [6.07, 6.45) is 2.40. The fourth-order valence-electron chi connectivity index (χ4n) is 2.82. The van der Waals surface area contributed by atoms with Crippen LogP contribution in [0.3, 0.4) is 0 Å². The van der Waals surface area contributed by atoms with Crippen LogP contribution in [0.15, 0.2) is 23.2 Å². The van der Waals surface area contributed by atoms with Crippen LogP contribution in [-0.2, 0) is 0 Å². The Balaban J connectivity index is 1.66. The number of nitrogens with one attached hydrogen (secondary N) is 1. The Morgan fingerprint density at radius 1 is 1.19 bits per heavy atom. The van der Waals surface area contributed by atoms with Gasteiger partial charge in [0.15, 0.2) is 0 Å². The van der Waals surface area contributed by atoms with Crippen LogP contribution in [0.2, 0.25) is 0 Å². The van der Waals surface area contributed by atoms with Gasteiger partial charge >= 0.3 is 0 Å². The van der Waals surface area contributed by atoms with E-state index in [2.05, 4.69) is 52.3 Å². The molecule has 0 amide bonds. The van der Waals surface area contributed by atoms with Crippen LogP contribution < -0.4 is 16.2 Å². The molecule has 21 heavy (non-hydrogen) atoms. The van der Waals surface area contributed by atoms with E-state index in [4.69, 9.17) is 5.84 Å². The molecule has 1 saturated carbocycles. The van der Waals surface area contributed by atoms with Crippen molar-refractivity contribution in [3.05, 3.63) is 29.3 Å². The Labute approximate surface area is 126 Å². The zero-order chi connectivity index (χ0) is 14.8. The van der Waals surface area contributed by atoms with Gasteiger partial charge < -0.3 is 9.80 Å². The standard InChI is InChI=1S/C16H25N5/c1-12-4-3-5-15(13(12)2)20-8-10-21(11-9-20)16(19-17)18-14-6-7-14/h3-5,14H,6-11,17H2,1-2H3,(H,18,19). The van der Waals surface area contributed by atoms with Crippen molar-refractivity contribution in [2.24, 2.45) is 10.8 Å². The molecule has 0 atom stereocenters.